The molecule has 0 saturated heterocycles. The first-order valence-electron chi connectivity index (χ1n) is 11.0. The van der Waals surface area contributed by atoms with Crippen LogP contribution in [0.15, 0.2) is 48.5 Å². The van der Waals surface area contributed by atoms with E-state index in [2.05, 4.69) is 44.6 Å². The number of benzene rings is 2. The van der Waals surface area contributed by atoms with E-state index in [1.54, 1.807) is 0 Å². The van der Waals surface area contributed by atoms with Crippen LogP contribution in [-0.4, -0.2) is 42.7 Å². The summed E-state index contributed by atoms with van der Waals surface area (Å²) in [6, 6.07) is 16.1. The van der Waals surface area contributed by atoms with Gasteiger partial charge in [-0.15, -0.1) is 0 Å². The van der Waals surface area contributed by atoms with Crippen LogP contribution in [0.2, 0.25) is 0 Å². The molecule has 0 atom stereocenters. The molecule has 1 fully saturated rings. The van der Waals surface area contributed by atoms with Gasteiger partial charge in [-0.2, -0.15) is 4.98 Å². The highest BCUT2D eigenvalue weighted by atomic mass is 127. The van der Waals surface area contributed by atoms with Gasteiger partial charge in [0.25, 0.3) is 0 Å². The molecule has 8 heteroatoms. The molecule has 0 bridgehead atoms. The molecule has 7 nitrogen and oxygen atoms in total. The molecule has 2 aromatic carbocycles. The molecule has 0 spiro atoms. The molecule has 1 aromatic heterocycles. The third-order valence-corrected chi connectivity index (χ3v) is 6.56. The summed E-state index contributed by atoms with van der Waals surface area (Å²) in [7, 11) is 4.01. The van der Waals surface area contributed by atoms with Crippen LogP contribution in [0.3, 0.4) is 0 Å². The van der Waals surface area contributed by atoms with Crippen LogP contribution in [-0.2, 0) is 0 Å². The molecule has 32 heavy (non-hydrogen) atoms. The Hall–Kier alpha value is -2.62. The molecule has 0 unspecified atom stereocenters. The van der Waals surface area contributed by atoms with Crippen molar-refractivity contribution < 1.29 is 4.79 Å². The Bertz CT molecular complexity index is 1060. The van der Waals surface area contributed by atoms with Crippen molar-refractivity contribution in [1.29, 1.82) is 0 Å². The fraction of sp³-hybridized carbons (Fsp3) is 0.375. The Kier molecular flexibility index (Phi) is 7.29. The van der Waals surface area contributed by atoms with Crippen molar-refractivity contribution in [3.8, 4) is 0 Å². The zero-order valence-electron chi connectivity index (χ0n) is 18.4. The predicted octanol–water partition coefficient (Wildman–Crippen LogP) is 5.09. The molecule has 3 N–H and O–H groups in total. The Labute approximate surface area is 202 Å². The third-order valence-electron chi connectivity index (χ3n) is 5.84. The van der Waals surface area contributed by atoms with Crippen LogP contribution >= 0.6 is 22.6 Å². The van der Waals surface area contributed by atoms with E-state index in [-0.39, 0.29) is 6.03 Å². The average Bonchev–Trinajstić information content (AvgIpc) is 2.79. The molecule has 3 aromatic rings. The summed E-state index contributed by atoms with van der Waals surface area (Å²) < 4.78 is 1.14. The standard InChI is InChI=1S/C24H29IN6O/c1-31(2)22-20-5-3-4-6-21(20)29-23(30-22)27-18-11-7-16(8-12-18)15-26-24(32)28-19-13-9-17(25)10-14-19/h3-6,9-10,13-14,16,18H,7-8,11-12,15H2,1-2H3,(H2,26,28,32)(H,27,29,30)/t16-,18+. The summed E-state index contributed by atoms with van der Waals surface area (Å²) in [6.45, 7) is 0.695. The SMILES string of the molecule is CN(C)c1nc(N[C@H]2CC[C@@H](CNC(=O)Nc3ccc(I)cc3)CC2)nc2ccccc12. The van der Waals surface area contributed by atoms with Gasteiger partial charge in [-0.25, -0.2) is 9.78 Å². The number of anilines is 3. The largest absolute Gasteiger partial charge is 0.362 e. The van der Waals surface area contributed by atoms with Crippen molar-refractivity contribution in [2.24, 2.45) is 5.92 Å². The van der Waals surface area contributed by atoms with E-state index < -0.39 is 0 Å². The Morgan fingerprint density at radius 2 is 1.75 bits per heavy atom. The van der Waals surface area contributed by atoms with E-state index >= 15 is 0 Å². The number of nitrogens with one attached hydrogen (secondary N) is 3. The van der Waals surface area contributed by atoms with E-state index in [1.807, 2.05) is 61.5 Å². The Balaban J connectivity index is 1.27. The summed E-state index contributed by atoms with van der Waals surface area (Å²) in [5.74, 6) is 2.10. The van der Waals surface area contributed by atoms with Gasteiger partial charge in [-0.1, -0.05) is 12.1 Å². The molecule has 0 aliphatic heterocycles. The summed E-state index contributed by atoms with van der Waals surface area (Å²) in [5, 5.41) is 10.5. The maximum Gasteiger partial charge on any atom is 0.319 e. The minimum Gasteiger partial charge on any atom is -0.362 e. The minimum absolute atomic E-state index is 0.146. The number of rotatable bonds is 6. The second-order valence-corrected chi connectivity index (χ2v) is 9.73. The Morgan fingerprint density at radius 3 is 2.47 bits per heavy atom. The average molecular weight is 544 g/mol. The number of halogens is 1. The fourth-order valence-corrected chi connectivity index (χ4v) is 4.46. The quantitative estimate of drug-likeness (QED) is 0.377. The normalized spacial score (nSPS) is 18.2. The number of carbonyl (C=O) groups excluding carboxylic acids is 1. The number of aromatic nitrogens is 2. The minimum atomic E-state index is -0.146. The molecule has 1 aliphatic rings. The molecule has 2 amide bonds. The van der Waals surface area contributed by atoms with Gasteiger partial charge < -0.3 is 20.9 Å². The second kappa shape index (κ2) is 10.3. The number of amides is 2. The zero-order valence-corrected chi connectivity index (χ0v) is 20.6. The van der Waals surface area contributed by atoms with Gasteiger partial charge in [0, 0.05) is 41.3 Å². The van der Waals surface area contributed by atoms with Gasteiger partial charge in [-0.05, 0) is 90.6 Å². The number of para-hydroxylation sites is 1. The lowest BCUT2D eigenvalue weighted by atomic mass is 9.86. The summed E-state index contributed by atoms with van der Waals surface area (Å²) in [6.07, 6.45) is 4.21. The first kappa shape index (κ1) is 22.6. The number of fused-ring (bicyclic) bond motifs is 1. The third kappa shape index (κ3) is 5.79. The topological polar surface area (TPSA) is 82.2 Å². The monoisotopic (exact) mass is 544 g/mol. The smallest absolute Gasteiger partial charge is 0.319 e. The van der Waals surface area contributed by atoms with Crippen LogP contribution in [0.25, 0.3) is 10.9 Å². The second-order valence-electron chi connectivity index (χ2n) is 8.49. The van der Waals surface area contributed by atoms with Crippen molar-refractivity contribution >= 4 is 57.0 Å². The molecule has 168 valence electrons. The van der Waals surface area contributed by atoms with Gasteiger partial charge >= 0.3 is 6.03 Å². The lowest BCUT2D eigenvalue weighted by molar-refractivity contribution is 0.246. The summed E-state index contributed by atoms with van der Waals surface area (Å²) in [5.41, 5.74) is 1.76. The van der Waals surface area contributed by atoms with E-state index in [0.717, 1.165) is 51.7 Å². The first-order valence-corrected chi connectivity index (χ1v) is 12.1. The van der Waals surface area contributed by atoms with E-state index in [1.165, 1.54) is 0 Å². The number of nitrogens with zero attached hydrogens (tertiary/aromatic N) is 3. The van der Waals surface area contributed by atoms with Crippen molar-refractivity contribution in [3.05, 3.63) is 52.1 Å². The van der Waals surface area contributed by atoms with Gasteiger partial charge in [0.1, 0.15) is 5.82 Å². The van der Waals surface area contributed by atoms with Gasteiger partial charge in [0.15, 0.2) is 0 Å². The molecule has 0 radical (unpaired) electrons. The maximum absolute atomic E-state index is 12.2. The predicted molar refractivity (Wildman–Crippen MR) is 139 cm³/mol. The van der Waals surface area contributed by atoms with Crippen LogP contribution in [0.1, 0.15) is 25.7 Å². The van der Waals surface area contributed by atoms with Gasteiger partial charge in [0.05, 0.1) is 5.52 Å². The van der Waals surface area contributed by atoms with Gasteiger partial charge in [-0.3, -0.25) is 0 Å². The zero-order chi connectivity index (χ0) is 22.5. The highest BCUT2D eigenvalue weighted by Crippen LogP contribution is 2.28. The van der Waals surface area contributed by atoms with Crippen molar-refractivity contribution in [2.75, 3.05) is 36.2 Å². The van der Waals surface area contributed by atoms with E-state index in [4.69, 9.17) is 9.97 Å². The molecule has 4 rings (SSSR count). The lowest BCUT2D eigenvalue weighted by Gasteiger charge is -2.29. The number of hydrogen-bond acceptors (Lipinski definition) is 5. The Morgan fingerprint density at radius 1 is 1.03 bits per heavy atom. The van der Waals surface area contributed by atoms with Crippen LogP contribution in [0, 0.1) is 9.49 Å². The van der Waals surface area contributed by atoms with Crippen LogP contribution in [0.5, 0.6) is 0 Å². The molecular formula is C24H29IN6O. The lowest BCUT2D eigenvalue weighted by Crippen LogP contribution is -2.36. The highest BCUT2D eigenvalue weighted by molar-refractivity contribution is 14.1. The number of carbonyl (C=O) groups is 1. The molecule has 1 saturated carbocycles. The van der Waals surface area contributed by atoms with Crippen molar-refractivity contribution in [3.63, 3.8) is 0 Å². The molecular weight excluding hydrogens is 515 g/mol. The fourth-order valence-electron chi connectivity index (χ4n) is 4.10. The molecule has 1 heterocycles. The maximum atomic E-state index is 12.2. The van der Waals surface area contributed by atoms with E-state index in [0.29, 0.717) is 24.5 Å². The number of hydrogen-bond donors (Lipinski definition) is 3. The molecule has 1 aliphatic carbocycles. The highest BCUT2D eigenvalue weighted by Gasteiger charge is 2.22. The van der Waals surface area contributed by atoms with Crippen LogP contribution in [0.4, 0.5) is 22.2 Å². The van der Waals surface area contributed by atoms with Crippen molar-refractivity contribution in [1.82, 2.24) is 15.3 Å². The summed E-state index contributed by atoms with van der Waals surface area (Å²) >= 11 is 2.25. The van der Waals surface area contributed by atoms with Gasteiger partial charge in [0.2, 0.25) is 5.95 Å². The first-order chi connectivity index (χ1) is 15.5. The van der Waals surface area contributed by atoms with E-state index in [9.17, 15) is 4.79 Å². The van der Waals surface area contributed by atoms with Crippen LogP contribution < -0.4 is 20.9 Å². The summed E-state index contributed by atoms with van der Waals surface area (Å²) in [4.78, 5) is 23.7. The van der Waals surface area contributed by atoms with Crippen molar-refractivity contribution in [2.45, 2.75) is 31.7 Å². The number of urea groups is 1.